The Kier molecular flexibility index (Phi) is 3.08. The van der Waals surface area contributed by atoms with Crippen molar-refractivity contribution in [3.05, 3.63) is 0 Å². The molecule has 0 aromatic rings. The SMILES string of the molecule is CC(=O)OCC1COC(C2CCC3(C)OC3C2)O1. The first-order valence-electron chi connectivity index (χ1n) is 6.65. The fraction of sp³-hybridized carbons (Fsp3) is 0.923. The molecule has 0 spiro atoms. The van der Waals surface area contributed by atoms with Gasteiger partial charge in [-0.15, -0.1) is 0 Å². The van der Waals surface area contributed by atoms with Gasteiger partial charge in [-0.2, -0.15) is 0 Å². The molecular formula is C13H20O5. The second-order valence-electron chi connectivity index (χ2n) is 5.72. The molecule has 3 rings (SSSR count). The third-order valence-corrected chi connectivity index (χ3v) is 4.19. The Hall–Kier alpha value is -0.650. The molecule has 3 fully saturated rings. The first-order valence-corrected chi connectivity index (χ1v) is 6.65. The van der Waals surface area contributed by atoms with E-state index in [1.54, 1.807) is 0 Å². The normalized spacial score (nSPS) is 46.6. The lowest BCUT2D eigenvalue weighted by molar-refractivity contribution is -0.147. The molecule has 102 valence electrons. The largest absolute Gasteiger partial charge is 0.463 e. The molecule has 0 aromatic carbocycles. The van der Waals surface area contributed by atoms with E-state index in [1.807, 2.05) is 0 Å². The molecule has 5 atom stereocenters. The van der Waals surface area contributed by atoms with Crippen LogP contribution < -0.4 is 0 Å². The lowest BCUT2D eigenvalue weighted by Crippen LogP contribution is -2.31. The average molecular weight is 256 g/mol. The van der Waals surface area contributed by atoms with Gasteiger partial charge in [-0.05, 0) is 26.2 Å². The van der Waals surface area contributed by atoms with Crippen molar-refractivity contribution in [3.8, 4) is 0 Å². The zero-order valence-electron chi connectivity index (χ0n) is 10.9. The highest BCUT2D eigenvalue weighted by Gasteiger charge is 2.56. The average Bonchev–Trinajstić information content (AvgIpc) is 2.79. The zero-order valence-corrected chi connectivity index (χ0v) is 10.9. The second-order valence-corrected chi connectivity index (χ2v) is 5.72. The molecular weight excluding hydrogens is 236 g/mol. The van der Waals surface area contributed by atoms with Crippen LogP contribution >= 0.6 is 0 Å². The highest BCUT2D eigenvalue weighted by atomic mass is 16.7. The van der Waals surface area contributed by atoms with Gasteiger partial charge in [0.1, 0.15) is 12.7 Å². The minimum Gasteiger partial charge on any atom is -0.463 e. The molecule has 0 bridgehead atoms. The Balaban J connectivity index is 1.46. The highest BCUT2D eigenvalue weighted by molar-refractivity contribution is 5.65. The Labute approximate surface area is 107 Å². The van der Waals surface area contributed by atoms with Crippen molar-refractivity contribution in [2.75, 3.05) is 13.2 Å². The van der Waals surface area contributed by atoms with Gasteiger partial charge in [-0.3, -0.25) is 4.79 Å². The van der Waals surface area contributed by atoms with E-state index in [-0.39, 0.29) is 30.6 Å². The molecule has 1 aliphatic carbocycles. The maximum Gasteiger partial charge on any atom is 0.302 e. The van der Waals surface area contributed by atoms with Crippen LogP contribution in [-0.4, -0.2) is 43.3 Å². The third-order valence-electron chi connectivity index (χ3n) is 4.19. The molecule has 5 unspecified atom stereocenters. The van der Waals surface area contributed by atoms with Crippen molar-refractivity contribution < 1.29 is 23.7 Å². The van der Waals surface area contributed by atoms with Crippen LogP contribution in [0.5, 0.6) is 0 Å². The first kappa shape index (κ1) is 12.4. The maximum atomic E-state index is 10.7. The summed E-state index contributed by atoms with van der Waals surface area (Å²) < 4.78 is 22.1. The highest BCUT2D eigenvalue weighted by Crippen LogP contribution is 2.50. The quantitative estimate of drug-likeness (QED) is 0.562. The third kappa shape index (κ3) is 2.39. The number of carbonyl (C=O) groups excluding carboxylic acids is 1. The number of fused-ring (bicyclic) bond motifs is 1. The summed E-state index contributed by atoms with van der Waals surface area (Å²) in [5.74, 6) is 0.134. The van der Waals surface area contributed by atoms with E-state index in [2.05, 4.69) is 6.92 Å². The topological polar surface area (TPSA) is 57.3 Å². The molecule has 0 aromatic heterocycles. The summed E-state index contributed by atoms with van der Waals surface area (Å²) >= 11 is 0. The molecule has 5 nitrogen and oxygen atoms in total. The molecule has 18 heavy (non-hydrogen) atoms. The van der Waals surface area contributed by atoms with Crippen LogP contribution in [0.25, 0.3) is 0 Å². The lowest BCUT2D eigenvalue weighted by atomic mass is 9.82. The van der Waals surface area contributed by atoms with Gasteiger partial charge in [0, 0.05) is 12.8 Å². The van der Waals surface area contributed by atoms with Crippen LogP contribution in [0.4, 0.5) is 0 Å². The summed E-state index contributed by atoms with van der Waals surface area (Å²) in [5.41, 5.74) is 0.131. The Bertz CT molecular complexity index is 344. The van der Waals surface area contributed by atoms with Gasteiger partial charge >= 0.3 is 5.97 Å². The first-order chi connectivity index (χ1) is 8.57. The standard InChI is InChI=1S/C13H20O5/c1-8(14)15-6-10-7-16-12(17-10)9-3-4-13(2)11(5-9)18-13/h9-12H,3-7H2,1-2H3. The van der Waals surface area contributed by atoms with Crippen molar-refractivity contribution >= 4 is 5.97 Å². The van der Waals surface area contributed by atoms with Gasteiger partial charge < -0.3 is 18.9 Å². The molecule has 0 N–H and O–H groups in total. The van der Waals surface area contributed by atoms with Crippen LogP contribution in [0.2, 0.25) is 0 Å². The molecule has 2 aliphatic heterocycles. The summed E-state index contributed by atoms with van der Waals surface area (Å²) in [5, 5.41) is 0. The zero-order chi connectivity index (χ0) is 12.8. The van der Waals surface area contributed by atoms with Gasteiger partial charge in [0.2, 0.25) is 0 Å². The fourth-order valence-electron chi connectivity index (χ4n) is 2.94. The predicted octanol–water partition coefficient (Wildman–Crippen LogP) is 1.25. The smallest absolute Gasteiger partial charge is 0.302 e. The number of hydrogen-bond donors (Lipinski definition) is 0. The van der Waals surface area contributed by atoms with Gasteiger partial charge in [-0.1, -0.05) is 0 Å². The molecule has 1 saturated carbocycles. The minimum absolute atomic E-state index is 0.118. The van der Waals surface area contributed by atoms with Crippen molar-refractivity contribution in [1.29, 1.82) is 0 Å². The summed E-state index contributed by atoms with van der Waals surface area (Å²) in [6.45, 7) is 4.38. The number of rotatable bonds is 3. The van der Waals surface area contributed by atoms with E-state index in [0.29, 0.717) is 18.6 Å². The Morgan fingerprint density at radius 2 is 2.33 bits per heavy atom. The molecule has 2 saturated heterocycles. The van der Waals surface area contributed by atoms with E-state index >= 15 is 0 Å². The van der Waals surface area contributed by atoms with E-state index in [4.69, 9.17) is 18.9 Å². The van der Waals surface area contributed by atoms with Crippen molar-refractivity contribution in [2.45, 2.75) is 57.2 Å². The van der Waals surface area contributed by atoms with Gasteiger partial charge in [0.15, 0.2) is 6.29 Å². The monoisotopic (exact) mass is 256 g/mol. The van der Waals surface area contributed by atoms with E-state index in [9.17, 15) is 4.79 Å². The fourth-order valence-corrected chi connectivity index (χ4v) is 2.94. The minimum atomic E-state index is -0.276. The number of ether oxygens (including phenoxy) is 4. The summed E-state index contributed by atoms with van der Waals surface area (Å²) in [6, 6.07) is 0. The van der Waals surface area contributed by atoms with E-state index in [0.717, 1.165) is 19.3 Å². The van der Waals surface area contributed by atoms with Gasteiger partial charge in [0.25, 0.3) is 0 Å². The number of esters is 1. The summed E-state index contributed by atoms with van der Waals surface area (Å²) in [7, 11) is 0. The van der Waals surface area contributed by atoms with Crippen LogP contribution in [0.3, 0.4) is 0 Å². The summed E-state index contributed by atoms with van der Waals surface area (Å²) in [4.78, 5) is 10.7. The number of carbonyl (C=O) groups is 1. The van der Waals surface area contributed by atoms with Crippen molar-refractivity contribution in [1.82, 2.24) is 0 Å². The van der Waals surface area contributed by atoms with Crippen molar-refractivity contribution in [3.63, 3.8) is 0 Å². The molecule has 0 amide bonds. The lowest BCUT2D eigenvalue weighted by Gasteiger charge is -2.26. The van der Waals surface area contributed by atoms with Crippen LogP contribution in [-0.2, 0) is 23.7 Å². The van der Waals surface area contributed by atoms with Crippen LogP contribution in [0.15, 0.2) is 0 Å². The van der Waals surface area contributed by atoms with E-state index < -0.39 is 0 Å². The van der Waals surface area contributed by atoms with Crippen LogP contribution in [0.1, 0.15) is 33.1 Å². The van der Waals surface area contributed by atoms with E-state index in [1.165, 1.54) is 6.92 Å². The second kappa shape index (κ2) is 4.47. The van der Waals surface area contributed by atoms with Gasteiger partial charge in [-0.25, -0.2) is 0 Å². The molecule has 5 heteroatoms. The predicted molar refractivity (Wildman–Crippen MR) is 61.9 cm³/mol. The molecule has 2 heterocycles. The maximum absolute atomic E-state index is 10.7. The van der Waals surface area contributed by atoms with Crippen molar-refractivity contribution in [2.24, 2.45) is 5.92 Å². The Morgan fingerprint density at radius 1 is 1.50 bits per heavy atom. The number of hydrogen-bond acceptors (Lipinski definition) is 5. The molecule has 3 aliphatic rings. The molecule has 0 radical (unpaired) electrons. The summed E-state index contributed by atoms with van der Waals surface area (Å²) in [6.07, 6.45) is 3.29. The van der Waals surface area contributed by atoms with Gasteiger partial charge in [0.05, 0.1) is 18.3 Å². The van der Waals surface area contributed by atoms with Crippen LogP contribution in [0, 0.1) is 5.92 Å². The number of epoxide rings is 1. The Morgan fingerprint density at radius 3 is 3.06 bits per heavy atom.